The molecule has 0 amide bonds. The van der Waals surface area contributed by atoms with Gasteiger partial charge in [0.25, 0.3) is 0 Å². The second kappa shape index (κ2) is 12.4. The van der Waals surface area contributed by atoms with Crippen molar-refractivity contribution in [2.45, 2.75) is 89.6 Å². The van der Waals surface area contributed by atoms with Crippen molar-refractivity contribution in [3.05, 3.63) is 60.7 Å². The van der Waals surface area contributed by atoms with Crippen molar-refractivity contribution >= 4 is 0 Å². The Balaban J connectivity index is 1.37. The molecule has 1 heteroatoms. The van der Waals surface area contributed by atoms with Gasteiger partial charge in [-0.2, -0.15) is 0 Å². The number of ether oxygens (including phenoxy) is 1. The van der Waals surface area contributed by atoms with E-state index in [0.29, 0.717) is 0 Å². The number of rotatable bonds is 11. The molecule has 0 unspecified atom stereocenters. The lowest BCUT2D eigenvalue weighted by molar-refractivity contribution is 0.125. The maximum Gasteiger partial charge on any atom is 0.0717 e. The smallest absolute Gasteiger partial charge is 0.0717 e. The molecule has 0 bridgehead atoms. The van der Waals surface area contributed by atoms with Crippen molar-refractivity contribution in [1.82, 2.24) is 0 Å². The second-order valence-electron chi connectivity index (χ2n) is 9.48. The molecule has 0 saturated heterocycles. The minimum Gasteiger partial charge on any atom is -0.376 e. The van der Waals surface area contributed by atoms with Crippen molar-refractivity contribution < 1.29 is 4.74 Å². The molecular weight excluding hydrogens is 352 g/mol. The molecule has 1 aromatic carbocycles. The number of benzene rings is 1. The molecule has 0 spiro atoms. The highest BCUT2D eigenvalue weighted by Crippen LogP contribution is 2.44. The van der Waals surface area contributed by atoms with Gasteiger partial charge >= 0.3 is 0 Å². The average Bonchev–Trinajstić information content (AvgIpc) is 2.78. The molecule has 0 atom stereocenters. The first kappa shape index (κ1) is 22.3. The molecule has 0 N–H and O–H groups in total. The molecule has 0 aromatic heterocycles. The monoisotopic (exact) mass is 394 g/mol. The maximum absolute atomic E-state index is 5.69. The topological polar surface area (TPSA) is 9.23 Å². The fraction of sp³-hybridized carbons (Fsp3) is 0.643. The zero-order chi connectivity index (χ0) is 20.3. The quantitative estimate of drug-likeness (QED) is 0.271. The first-order valence-electron chi connectivity index (χ1n) is 12.2. The minimum atomic E-state index is 0.719. The van der Waals surface area contributed by atoms with Crippen LogP contribution in [0.1, 0.15) is 94.1 Å². The highest BCUT2D eigenvalue weighted by molar-refractivity contribution is 5.25. The molecular formula is C28H42O. The summed E-state index contributed by atoms with van der Waals surface area (Å²) in [6.07, 6.45) is 20.5. The van der Waals surface area contributed by atoms with Crippen LogP contribution in [0.15, 0.2) is 49.6 Å². The van der Waals surface area contributed by atoms with E-state index >= 15 is 0 Å². The predicted octanol–water partition coefficient (Wildman–Crippen LogP) is 8.22. The Bertz CT molecular complexity index is 585. The minimum absolute atomic E-state index is 0.719. The van der Waals surface area contributed by atoms with Gasteiger partial charge in [-0.25, -0.2) is 0 Å². The third-order valence-electron chi connectivity index (χ3n) is 7.54. The molecule has 2 aliphatic rings. The first-order chi connectivity index (χ1) is 14.3. The van der Waals surface area contributed by atoms with Crippen LogP contribution in [0.2, 0.25) is 0 Å². The second-order valence-corrected chi connectivity index (χ2v) is 9.48. The predicted molar refractivity (Wildman–Crippen MR) is 125 cm³/mol. The van der Waals surface area contributed by atoms with Crippen molar-refractivity contribution in [2.24, 2.45) is 17.8 Å². The van der Waals surface area contributed by atoms with Gasteiger partial charge in [0.05, 0.1) is 13.2 Å². The van der Waals surface area contributed by atoms with Gasteiger partial charge in [-0.1, -0.05) is 55.7 Å². The third kappa shape index (κ3) is 7.14. The van der Waals surface area contributed by atoms with Crippen LogP contribution in [0.4, 0.5) is 0 Å². The van der Waals surface area contributed by atoms with Gasteiger partial charge in [-0.15, -0.1) is 13.2 Å². The van der Waals surface area contributed by atoms with Gasteiger partial charge < -0.3 is 4.74 Å². The van der Waals surface area contributed by atoms with Crippen molar-refractivity contribution in [3.8, 4) is 0 Å². The number of unbranched alkanes of at least 4 members (excludes halogenated alkanes) is 1. The summed E-state index contributed by atoms with van der Waals surface area (Å²) >= 11 is 0. The molecule has 29 heavy (non-hydrogen) atoms. The fourth-order valence-corrected chi connectivity index (χ4v) is 5.67. The molecule has 2 fully saturated rings. The van der Waals surface area contributed by atoms with Crippen molar-refractivity contribution in [3.63, 3.8) is 0 Å². The summed E-state index contributed by atoms with van der Waals surface area (Å²) in [6.45, 7) is 9.08. The van der Waals surface area contributed by atoms with Gasteiger partial charge in [0, 0.05) is 0 Å². The van der Waals surface area contributed by atoms with E-state index in [1.807, 2.05) is 6.08 Å². The van der Waals surface area contributed by atoms with E-state index in [0.717, 1.165) is 43.3 Å². The van der Waals surface area contributed by atoms with Crippen molar-refractivity contribution in [1.29, 1.82) is 0 Å². The van der Waals surface area contributed by atoms with Crippen molar-refractivity contribution in [2.75, 3.05) is 6.61 Å². The van der Waals surface area contributed by atoms with E-state index in [1.54, 1.807) is 5.56 Å². The molecule has 2 aliphatic carbocycles. The van der Waals surface area contributed by atoms with Gasteiger partial charge in [-0.05, 0) is 92.6 Å². The van der Waals surface area contributed by atoms with Gasteiger partial charge in [0.2, 0.25) is 0 Å². The van der Waals surface area contributed by atoms with Crippen LogP contribution in [0.5, 0.6) is 0 Å². The van der Waals surface area contributed by atoms with E-state index in [4.69, 9.17) is 4.74 Å². The Kier molecular flexibility index (Phi) is 9.54. The Morgan fingerprint density at radius 3 is 2.03 bits per heavy atom. The standard InChI is InChI=1S/C28H42O/c1-3-5-7-8-23-9-13-25(14-10-23)27-17-19-28(20-18-27)26-15-11-24(12-16-26)22-29-21-6-4-2/h3-4,11-12,15-16,23,25,27-28H,1-2,5-10,13-14,17-22H2/t23-,25-,27?,28?. The molecule has 1 nitrogen and oxygen atoms in total. The normalized spacial score (nSPS) is 27.4. The summed E-state index contributed by atoms with van der Waals surface area (Å²) < 4.78 is 5.69. The summed E-state index contributed by atoms with van der Waals surface area (Å²) in [5.74, 6) is 3.79. The number of allylic oxidation sites excluding steroid dienone is 1. The number of hydrogen-bond donors (Lipinski definition) is 0. The van der Waals surface area contributed by atoms with Gasteiger partial charge in [0.1, 0.15) is 0 Å². The summed E-state index contributed by atoms with van der Waals surface area (Å²) in [6, 6.07) is 9.24. The lowest BCUT2D eigenvalue weighted by Gasteiger charge is -2.38. The third-order valence-corrected chi connectivity index (χ3v) is 7.54. The van der Waals surface area contributed by atoms with E-state index < -0.39 is 0 Å². The molecule has 3 rings (SSSR count). The lowest BCUT2D eigenvalue weighted by Crippen LogP contribution is -2.25. The summed E-state index contributed by atoms with van der Waals surface area (Å²) in [5.41, 5.74) is 2.83. The van der Waals surface area contributed by atoms with Crippen LogP contribution in [0, 0.1) is 17.8 Å². The number of hydrogen-bond acceptors (Lipinski definition) is 1. The zero-order valence-corrected chi connectivity index (χ0v) is 18.5. The van der Waals surface area contributed by atoms with Crippen LogP contribution in [0.3, 0.4) is 0 Å². The summed E-state index contributed by atoms with van der Waals surface area (Å²) in [4.78, 5) is 0. The summed E-state index contributed by atoms with van der Waals surface area (Å²) in [7, 11) is 0. The molecule has 2 saturated carbocycles. The van der Waals surface area contributed by atoms with Crippen LogP contribution in [-0.4, -0.2) is 6.61 Å². The molecule has 0 aliphatic heterocycles. The molecule has 0 radical (unpaired) electrons. The summed E-state index contributed by atoms with van der Waals surface area (Å²) in [5, 5.41) is 0. The SMILES string of the molecule is C=CCCC[C@H]1CC[C@H](C2CCC(c3ccc(COCCC=C)cc3)CC2)CC1. The molecule has 1 aromatic rings. The highest BCUT2D eigenvalue weighted by atomic mass is 16.5. The Hall–Kier alpha value is -1.34. The zero-order valence-electron chi connectivity index (χ0n) is 18.5. The Morgan fingerprint density at radius 2 is 1.41 bits per heavy atom. The average molecular weight is 395 g/mol. The van der Waals surface area contributed by atoms with Crippen LogP contribution < -0.4 is 0 Å². The van der Waals surface area contributed by atoms with Gasteiger partial charge in [-0.3, -0.25) is 0 Å². The van der Waals surface area contributed by atoms with Crippen LogP contribution in [-0.2, 0) is 11.3 Å². The largest absolute Gasteiger partial charge is 0.376 e. The fourth-order valence-electron chi connectivity index (χ4n) is 5.67. The van der Waals surface area contributed by atoms with E-state index in [1.165, 1.54) is 76.2 Å². The van der Waals surface area contributed by atoms with Crippen LogP contribution in [0.25, 0.3) is 0 Å². The van der Waals surface area contributed by atoms with E-state index in [-0.39, 0.29) is 0 Å². The Morgan fingerprint density at radius 1 is 0.793 bits per heavy atom. The lowest BCUT2D eigenvalue weighted by atomic mass is 9.68. The maximum atomic E-state index is 5.69. The molecule has 0 heterocycles. The Labute approximate surface area is 179 Å². The van der Waals surface area contributed by atoms with E-state index in [2.05, 4.69) is 43.5 Å². The molecule has 160 valence electrons. The van der Waals surface area contributed by atoms with E-state index in [9.17, 15) is 0 Å². The first-order valence-corrected chi connectivity index (χ1v) is 12.2. The van der Waals surface area contributed by atoms with Gasteiger partial charge in [0.15, 0.2) is 0 Å². The van der Waals surface area contributed by atoms with Crippen LogP contribution >= 0.6 is 0 Å². The highest BCUT2D eigenvalue weighted by Gasteiger charge is 2.31.